The second-order valence-electron chi connectivity index (χ2n) is 6.91. The Balaban J connectivity index is 0.00000141. The number of nitrogens with one attached hydrogen (secondary N) is 1. The number of hydrogen-bond acceptors (Lipinski definition) is 4. The van der Waals surface area contributed by atoms with E-state index in [2.05, 4.69) is 35.7 Å². The zero-order valence-electron chi connectivity index (χ0n) is 19.0. The van der Waals surface area contributed by atoms with Crippen LogP contribution in [-0.2, 0) is 0 Å². The van der Waals surface area contributed by atoms with Crippen molar-refractivity contribution in [3.63, 3.8) is 0 Å². The highest BCUT2D eigenvalue weighted by Gasteiger charge is 2.09. The van der Waals surface area contributed by atoms with Gasteiger partial charge in [0.15, 0.2) is 11.5 Å². The maximum atomic E-state index is 13.4. The Hall–Kier alpha value is -3.60. The minimum Gasteiger partial charge on any atom is -0.493 e. The Morgan fingerprint density at radius 3 is 2.22 bits per heavy atom. The van der Waals surface area contributed by atoms with E-state index in [-0.39, 0.29) is 5.82 Å². The lowest BCUT2D eigenvalue weighted by Gasteiger charge is -2.13. The van der Waals surface area contributed by atoms with Gasteiger partial charge in [0.2, 0.25) is 0 Å². The number of rotatable bonds is 5. The van der Waals surface area contributed by atoms with Crippen molar-refractivity contribution in [3.8, 4) is 22.8 Å². The van der Waals surface area contributed by atoms with Crippen molar-refractivity contribution < 1.29 is 13.9 Å². The molecule has 0 amide bonds. The molecule has 0 fully saturated rings. The third-order valence-electron chi connectivity index (χ3n) is 4.98. The number of fused-ring (bicyclic) bond motifs is 1. The predicted octanol–water partition coefficient (Wildman–Crippen LogP) is 5.59. The van der Waals surface area contributed by atoms with E-state index in [1.807, 2.05) is 32.0 Å². The van der Waals surface area contributed by atoms with Gasteiger partial charge in [0.05, 0.1) is 19.9 Å². The molecule has 1 aliphatic rings. The SMILES string of the molecule is CC.COc1ccc(Nc2nc(-c3ccc(F)cc3)cc3/c2=C\C/C=C\CC=3)cc1OC. The molecular formula is C27H29FN2O2. The fraction of sp³-hybridized carbons (Fsp3) is 0.222. The van der Waals surface area contributed by atoms with Crippen molar-refractivity contribution >= 4 is 23.7 Å². The molecule has 0 spiro atoms. The van der Waals surface area contributed by atoms with Crippen LogP contribution in [0.15, 0.2) is 60.7 Å². The third-order valence-corrected chi connectivity index (χ3v) is 4.98. The van der Waals surface area contributed by atoms with Crippen LogP contribution in [-0.4, -0.2) is 19.2 Å². The van der Waals surface area contributed by atoms with E-state index in [4.69, 9.17) is 14.5 Å². The standard InChI is InChI=1S/C25H23FN2O2.C2H6/c1-29-23-14-13-20(16-24(23)30-2)27-25-21-8-6-4-3-5-7-18(21)15-22(28-25)17-9-11-19(26)12-10-17;1-2/h3-4,7-16H,5-6H2,1-2H3,(H,27,28);1-2H3/b4-3-,18-7?,21-8+;. The molecule has 0 atom stereocenters. The number of nitrogens with zero attached hydrogens (tertiary/aromatic N) is 1. The number of halogens is 1. The van der Waals surface area contributed by atoms with E-state index >= 15 is 0 Å². The van der Waals surface area contributed by atoms with Gasteiger partial charge >= 0.3 is 0 Å². The summed E-state index contributed by atoms with van der Waals surface area (Å²) in [6.45, 7) is 4.00. The minimum absolute atomic E-state index is 0.265. The quantitative estimate of drug-likeness (QED) is 0.534. The van der Waals surface area contributed by atoms with Crippen LogP contribution in [0.1, 0.15) is 26.7 Å². The summed E-state index contributed by atoms with van der Waals surface area (Å²) in [4.78, 5) is 4.87. The van der Waals surface area contributed by atoms with E-state index in [0.29, 0.717) is 11.5 Å². The summed E-state index contributed by atoms with van der Waals surface area (Å²) in [7, 11) is 3.22. The Kier molecular flexibility index (Phi) is 8.03. The van der Waals surface area contributed by atoms with Gasteiger partial charge in [0.25, 0.3) is 0 Å². The fourth-order valence-corrected chi connectivity index (χ4v) is 3.45. The molecule has 4 rings (SSSR count). The number of benzene rings is 2. The minimum atomic E-state index is -0.265. The Morgan fingerprint density at radius 1 is 0.844 bits per heavy atom. The first-order valence-corrected chi connectivity index (χ1v) is 10.8. The molecule has 1 aliphatic carbocycles. The number of hydrogen-bond donors (Lipinski definition) is 1. The van der Waals surface area contributed by atoms with Gasteiger partial charge in [-0.25, -0.2) is 9.37 Å². The highest BCUT2D eigenvalue weighted by molar-refractivity contribution is 5.68. The fourth-order valence-electron chi connectivity index (χ4n) is 3.45. The van der Waals surface area contributed by atoms with Gasteiger partial charge in [-0.15, -0.1) is 0 Å². The molecule has 0 saturated carbocycles. The molecule has 0 aliphatic heterocycles. The molecule has 5 heteroatoms. The van der Waals surface area contributed by atoms with Gasteiger partial charge in [0.1, 0.15) is 11.6 Å². The van der Waals surface area contributed by atoms with Gasteiger partial charge in [-0.1, -0.05) is 38.2 Å². The first-order valence-electron chi connectivity index (χ1n) is 10.8. The average Bonchev–Trinajstić information content (AvgIpc) is 2.81. The average molecular weight is 433 g/mol. The summed E-state index contributed by atoms with van der Waals surface area (Å²) < 4.78 is 24.2. The monoisotopic (exact) mass is 432 g/mol. The Morgan fingerprint density at radius 2 is 1.53 bits per heavy atom. The lowest BCUT2D eigenvalue weighted by molar-refractivity contribution is 0.355. The zero-order chi connectivity index (χ0) is 22.9. The van der Waals surface area contributed by atoms with Crippen LogP contribution < -0.4 is 25.2 Å². The van der Waals surface area contributed by atoms with Gasteiger partial charge in [-0.3, -0.25) is 0 Å². The van der Waals surface area contributed by atoms with E-state index in [9.17, 15) is 4.39 Å². The molecule has 166 valence electrons. The van der Waals surface area contributed by atoms with Crippen LogP contribution in [0.2, 0.25) is 0 Å². The lowest BCUT2D eigenvalue weighted by Crippen LogP contribution is -2.29. The summed E-state index contributed by atoms with van der Waals surface area (Å²) >= 11 is 0. The molecular weight excluding hydrogens is 403 g/mol. The molecule has 32 heavy (non-hydrogen) atoms. The molecule has 1 N–H and O–H groups in total. The first kappa shape index (κ1) is 23.1. The topological polar surface area (TPSA) is 43.4 Å². The lowest BCUT2D eigenvalue weighted by atomic mass is 10.1. The molecule has 1 heterocycles. The van der Waals surface area contributed by atoms with Gasteiger partial charge < -0.3 is 14.8 Å². The number of methoxy groups -OCH3 is 2. The molecule has 0 radical (unpaired) electrons. The Labute approximate surface area is 188 Å². The zero-order valence-corrected chi connectivity index (χ0v) is 19.0. The summed E-state index contributed by atoms with van der Waals surface area (Å²) in [5.74, 6) is 1.78. The van der Waals surface area contributed by atoms with Crippen LogP contribution >= 0.6 is 0 Å². The van der Waals surface area contributed by atoms with Crippen LogP contribution in [0, 0.1) is 5.82 Å². The van der Waals surface area contributed by atoms with E-state index in [0.717, 1.165) is 46.0 Å². The number of aromatic nitrogens is 1. The number of allylic oxidation sites excluding steroid dienone is 2. The van der Waals surface area contributed by atoms with Crippen molar-refractivity contribution in [1.29, 1.82) is 0 Å². The van der Waals surface area contributed by atoms with E-state index < -0.39 is 0 Å². The highest BCUT2D eigenvalue weighted by Crippen LogP contribution is 2.30. The van der Waals surface area contributed by atoms with Crippen molar-refractivity contribution in [3.05, 3.63) is 76.9 Å². The highest BCUT2D eigenvalue weighted by atomic mass is 19.1. The van der Waals surface area contributed by atoms with Crippen molar-refractivity contribution in [2.45, 2.75) is 26.7 Å². The maximum Gasteiger partial charge on any atom is 0.162 e. The van der Waals surface area contributed by atoms with Crippen molar-refractivity contribution in [1.82, 2.24) is 4.98 Å². The van der Waals surface area contributed by atoms with Gasteiger partial charge in [-0.2, -0.15) is 0 Å². The third kappa shape index (κ3) is 5.35. The summed E-state index contributed by atoms with van der Waals surface area (Å²) in [5.41, 5.74) is 2.48. The summed E-state index contributed by atoms with van der Waals surface area (Å²) in [6.07, 6.45) is 10.3. The van der Waals surface area contributed by atoms with E-state index in [1.54, 1.807) is 26.4 Å². The second-order valence-corrected chi connectivity index (χ2v) is 6.91. The number of pyridine rings is 1. The number of ether oxygens (including phenoxy) is 2. The second kappa shape index (κ2) is 11.1. The van der Waals surface area contributed by atoms with Crippen molar-refractivity contribution in [2.75, 3.05) is 19.5 Å². The largest absolute Gasteiger partial charge is 0.493 e. The van der Waals surface area contributed by atoms with Gasteiger partial charge in [0, 0.05) is 22.5 Å². The van der Waals surface area contributed by atoms with Crippen LogP contribution in [0.4, 0.5) is 15.9 Å². The first-order chi connectivity index (χ1) is 15.7. The molecule has 0 bridgehead atoms. The maximum absolute atomic E-state index is 13.4. The number of anilines is 2. The predicted molar refractivity (Wildman–Crippen MR) is 130 cm³/mol. The molecule has 4 nitrogen and oxygen atoms in total. The van der Waals surface area contributed by atoms with E-state index in [1.165, 1.54) is 12.1 Å². The van der Waals surface area contributed by atoms with Gasteiger partial charge in [-0.05, 0) is 60.5 Å². The molecule has 1 aromatic heterocycles. The molecule has 2 aromatic carbocycles. The summed E-state index contributed by atoms with van der Waals surface area (Å²) in [6, 6.07) is 14.1. The van der Waals surface area contributed by atoms with Crippen LogP contribution in [0.5, 0.6) is 11.5 Å². The van der Waals surface area contributed by atoms with Crippen molar-refractivity contribution in [2.24, 2.45) is 0 Å². The molecule has 3 aromatic rings. The van der Waals surface area contributed by atoms with Crippen LogP contribution in [0.3, 0.4) is 0 Å². The normalized spacial score (nSPS) is 14.1. The molecule has 0 saturated heterocycles. The summed E-state index contributed by atoms with van der Waals surface area (Å²) in [5, 5.41) is 5.57. The molecule has 0 unspecified atom stereocenters. The van der Waals surface area contributed by atoms with Crippen LogP contribution in [0.25, 0.3) is 23.4 Å². The smallest absolute Gasteiger partial charge is 0.162 e. The Bertz CT molecular complexity index is 1200.